The molecule has 0 saturated heterocycles. The molecule has 0 bridgehead atoms. The van der Waals surface area contributed by atoms with Gasteiger partial charge in [0.25, 0.3) is 0 Å². The van der Waals surface area contributed by atoms with E-state index in [4.69, 9.17) is 4.74 Å². The van der Waals surface area contributed by atoms with Gasteiger partial charge in [-0.3, -0.25) is 4.79 Å². The summed E-state index contributed by atoms with van der Waals surface area (Å²) in [6, 6.07) is 7.47. The van der Waals surface area contributed by atoms with E-state index in [-0.39, 0.29) is 5.78 Å². The summed E-state index contributed by atoms with van der Waals surface area (Å²) in [7, 11) is 5.41. The second-order valence-electron chi connectivity index (χ2n) is 3.79. The Morgan fingerprint density at radius 3 is 2.19 bits per heavy atom. The van der Waals surface area contributed by atoms with Crippen molar-refractivity contribution >= 4 is 11.4 Å². The zero-order valence-corrected chi connectivity index (χ0v) is 10.2. The number of carbonyl (C=O) groups excluding carboxylic acids is 1. The number of hydrogen-bond acceptors (Lipinski definition) is 3. The van der Waals surface area contributed by atoms with Crippen LogP contribution in [0.25, 0.3) is 5.57 Å². The molecule has 0 aromatic heterocycles. The summed E-state index contributed by atoms with van der Waals surface area (Å²) >= 11 is 0. The van der Waals surface area contributed by atoms with Crippen LogP contribution in [0.1, 0.15) is 12.5 Å². The Balaban J connectivity index is 3.07. The van der Waals surface area contributed by atoms with Gasteiger partial charge in [0, 0.05) is 25.9 Å². The summed E-state index contributed by atoms with van der Waals surface area (Å²) < 4.78 is 5.08. The van der Waals surface area contributed by atoms with E-state index in [2.05, 4.69) is 0 Å². The van der Waals surface area contributed by atoms with Gasteiger partial charge in [0.15, 0.2) is 5.78 Å². The van der Waals surface area contributed by atoms with Crippen LogP contribution in [0, 0.1) is 0 Å². The molecule has 0 saturated carbocycles. The fourth-order valence-corrected chi connectivity index (χ4v) is 1.40. The van der Waals surface area contributed by atoms with E-state index in [1.807, 2.05) is 49.5 Å². The fraction of sp³-hybridized carbons (Fsp3) is 0.308. The van der Waals surface area contributed by atoms with Crippen molar-refractivity contribution in [2.75, 3.05) is 21.2 Å². The molecule has 0 heterocycles. The van der Waals surface area contributed by atoms with Crippen molar-refractivity contribution in [1.29, 1.82) is 0 Å². The van der Waals surface area contributed by atoms with Crippen molar-refractivity contribution in [3.63, 3.8) is 0 Å². The molecule has 16 heavy (non-hydrogen) atoms. The number of rotatable bonds is 4. The molecular formula is C13H17NO2. The zero-order valence-electron chi connectivity index (χ0n) is 10.2. The second-order valence-corrected chi connectivity index (χ2v) is 3.79. The van der Waals surface area contributed by atoms with Gasteiger partial charge >= 0.3 is 0 Å². The van der Waals surface area contributed by atoms with Crippen molar-refractivity contribution in [2.45, 2.75) is 6.92 Å². The molecular weight excluding hydrogens is 202 g/mol. The van der Waals surface area contributed by atoms with Crippen LogP contribution >= 0.6 is 0 Å². The molecule has 86 valence electrons. The molecule has 0 unspecified atom stereocenters. The molecule has 0 amide bonds. The highest BCUT2D eigenvalue weighted by molar-refractivity contribution is 6.19. The standard InChI is InChI=1S/C13H17NO2/c1-10(15)13(9-14(2)3)11-5-7-12(16-4)8-6-11/h5-9H,1-4H3/b13-9-. The van der Waals surface area contributed by atoms with Crippen LogP contribution in [0.15, 0.2) is 30.5 Å². The topological polar surface area (TPSA) is 29.5 Å². The Morgan fingerprint density at radius 2 is 1.81 bits per heavy atom. The van der Waals surface area contributed by atoms with Crippen molar-refractivity contribution < 1.29 is 9.53 Å². The Morgan fingerprint density at radius 1 is 1.25 bits per heavy atom. The maximum Gasteiger partial charge on any atom is 0.161 e. The number of benzene rings is 1. The molecule has 0 spiro atoms. The third kappa shape index (κ3) is 3.12. The van der Waals surface area contributed by atoms with Gasteiger partial charge in [-0.2, -0.15) is 0 Å². The van der Waals surface area contributed by atoms with Gasteiger partial charge in [0.1, 0.15) is 5.75 Å². The number of allylic oxidation sites excluding steroid dienone is 1. The highest BCUT2D eigenvalue weighted by Crippen LogP contribution is 2.19. The second kappa shape index (κ2) is 5.35. The molecule has 1 rings (SSSR count). The predicted octanol–water partition coefficient (Wildman–Crippen LogP) is 2.19. The Hall–Kier alpha value is -1.77. The Bertz CT molecular complexity index is 391. The average molecular weight is 219 g/mol. The van der Waals surface area contributed by atoms with Gasteiger partial charge in [0.2, 0.25) is 0 Å². The van der Waals surface area contributed by atoms with Crippen molar-refractivity contribution in [1.82, 2.24) is 4.90 Å². The maximum atomic E-state index is 11.5. The van der Waals surface area contributed by atoms with Gasteiger partial charge in [-0.15, -0.1) is 0 Å². The number of ketones is 1. The Labute approximate surface area is 96.3 Å². The van der Waals surface area contributed by atoms with Crippen molar-refractivity contribution in [3.8, 4) is 5.75 Å². The van der Waals surface area contributed by atoms with E-state index >= 15 is 0 Å². The van der Waals surface area contributed by atoms with Gasteiger partial charge in [-0.1, -0.05) is 12.1 Å². The van der Waals surface area contributed by atoms with E-state index in [0.29, 0.717) is 5.57 Å². The highest BCUT2D eigenvalue weighted by atomic mass is 16.5. The number of nitrogens with zero attached hydrogens (tertiary/aromatic N) is 1. The number of Topliss-reactive ketones (excluding diaryl/α,β-unsaturated/α-hetero) is 1. The molecule has 1 aromatic carbocycles. The van der Waals surface area contributed by atoms with Crippen LogP contribution in [0.2, 0.25) is 0 Å². The summed E-state index contributed by atoms with van der Waals surface area (Å²) in [5, 5.41) is 0. The lowest BCUT2D eigenvalue weighted by atomic mass is 10.0. The minimum Gasteiger partial charge on any atom is -0.497 e. The summed E-state index contributed by atoms with van der Waals surface area (Å²) in [5.41, 5.74) is 1.61. The van der Waals surface area contributed by atoms with E-state index in [1.54, 1.807) is 14.0 Å². The molecule has 0 N–H and O–H groups in total. The molecule has 0 aliphatic carbocycles. The maximum absolute atomic E-state index is 11.5. The van der Waals surface area contributed by atoms with E-state index in [9.17, 15) is 4.79 Å². The highest BCUT2D eigenvalue weighted by Gasteiger charge is 2.07. The summed E-state index contributed by atoms with van der Waals surface area (Å²) in [4.78, 5) is 13.4. The predicted molar refractivity (Wildman–Crippen MR) is 65.3 cm³/mol. The monoisotopic (exact) mass is 219 g/mol. The van der Waals surface area contributed by atoms with E-state index in [1.165, 1.54) is 0 Å². The van der Waals surface area contributed by atoms with Crippen molar-refractivity contribution in [3.05, 3.63) is 36.0 Å². The lowest BCUT2D eigenvalue weighted by Gasteiger charge is -2.10. The summed E-state index contributed by atoms with van der Waals surface area (Å²) in [5.74, 6) is 0.843. The van der Waals surface area contributed by atoms with Crippen LogP contribution < -0.4 is 4.74 Å². The first kappa shape index (κ1) is 12.3. The first-order valence-electron chi connectivity index (χ1n) is 5.08. The van der Waals surface area contributed by atoms with Crippen molar-refractivity contribution in [2.24, 2.45) is 0 Å². The normalized spacial score (nSPS) is 11.1. The van der Waals surface area contributed by atoms with Gasteiger partial charge < -0.3 is 9.64 Å². The smallest absolute Gasteiger partial charge is 0.161 e. The third-order valence-electron chi connectivity index (χ3n) is 2.17. The number of methoxy groups -OCH3 is 1. The van der Waals surface area contributed by atoms with Crippen LogP contribution in [-0.2, 0) is 4.79 Å². The zero-order chi connectivity index (χ0) is 12.1. The SMILES string of the molecule is COc1ccc(/C(=C\N(C)C)C(C)=O)cc1. The van der Waals surface area contributed by atoms with Crippen LogP contribution in [-0.4, -0.2) is 31.9 Å². The molecule has 0 aliphatic rings. The quantitative estimate of drug-likeness (QED) is 0.727. The molecule has 0 fully saturated rings. The van der Waals surface area contributed by atoms with Crippen LogP contribution in [0.4, 0.5) is 0 Å². The lowest BCUT2D eigenvalue weighted by Crippen LogP contribution is -2.06. The van der Waals surface area contributed by atoms with E-state index < -0.39 is 0 Å². The average Bonchev–Trinajstić information content (AvgIpc) is 2.25. The molecule has 0 radical (unpaired) electrons. The number of ether oxygens (including phenoxy) is 1. The first-order chi connectivity index (χ1) is 7.54. The number of hydrogen-bond donors (Lipinski definition) is 0. The first-order valence-corrected chi connectivity index (χ1v) is 5.08. The van der Waals surface area contributed by atoms with Gasteiger partial charge in [-0.25, -0.2) is 0 Å². The third-order valence-corrected chi connectivity index (χ3v) is 2.17. The summed E-state index contributed by atoms with van der Waals surface area (Å²) in [6.45, 7) is 1.57. The summed E-state index contributed by atoms with van der Waals surface area (Å²) in [6.07, 6.45) is 1.82. The number of carbonyl (C=O) groups is 1. The van der Waals surface area contributed by atoms with Gasteiger partial charge in [-0.05, 0) is 24.6 Å². The molecule has 3 nitrogen and oxygen atoms in total. The Kier molecular flexibility index (Phi) is 4.11. The lowest BCUT2D eigenvalue weighted by molar-refractivity contribution is -0.111. The molecule has 0 aliphatic heterocycles. The fourth-order valence-electron chi connectivity index (χ4n) is 1.40. The van der Waals surface area contributed by atoms with E-state index in [0.717, 1.165) is 11.3 Å². The van der Waals surface area contributed by atoms with Crippen LogP contribution in [0.5, 0.6) is 5.75 Å². The van der Waals surface area contributed by atoms with Gasteiger partial charge in [0.05, 0.1) is 7.11 Å². The largest absolute Gasteiger partial charge is 0.497 e. The minimum atomic E-state index is 0.0545. The minimum absolute atomic E-state index is 0.0545. The molecule has 3 heteroatoms. The molecule has 1 aromatic rings. The van der Waals surface area contributed by atoms with Crippen LogP contribution in [0.3, 0.4) is 0 Å². The molecule has 0 atom stereocenters.